The van der Waals surface area contributed by atoms with Gasteiger partial charge < -0.3 is 15.4 Å². The van der Waals surface area contributed by atoms with E-state index in [1.165, 1.54) is 5.56 Å². The van der Waals surface area contributed by atoms with E-state index in [9.17, 15) is 4.79 Å². The number of carbonyl (C=O) groups excluding carboxylic acids is 1. The smallest absolute Gasteiger partial charge is 0.263 e. The number of aryl methyl sites for hydroxylation is 1. The average molecular weight is 304 g/mol. The Morgan fingerprint density at radius 1 is 1.41 bits per heavy atom. The van der Waals surface area contributed by atoms with Crippen LogP contribution in [0.1, 0.15) is 44.2 Å². The molecule has 1 aromatic carbocycles. The monoisotopic (exact) mass is 304 g/mol. The topological polar surface area (TPSA) is 55.6 Å². The van der Waals surface area contributed by atoms with E-state index >= 15 is 0 Å². The molecule has 2 atom stereocenters. The summed E-state index contributed by atoms with van der Waals surface area (Å²) >= 11 is 0. The third kappa shape index (κ3) is 3.80. The highest BCUT2D eigenvalue weighted by Gasteiger charge is 2.29. The molecule has 1 aliphatic rings. The number of nitrogens with two attached hydrogens (primary N) is 1. The lowest BCUT2D eigenvalue weighted by atomic mass is 10.0. The quantitative estimate of drug-likeness (QED) is 0.910. The van der Waals surface area contributed by atoms with Gasteiger partial charge in [-0.25, -0.2) is 0 Å². The average Bonchev–Trinajstić information content (AvgIpc) is 2.97. The minimum atomic E-state index is -0.461. The molecule has 1 heterocycles. The van der Waals surface area contributed by atoms with E-state index in [0.29, 0.717) is 18.4 Å². The van der Waals surface area contributed by atoms with Crippen LogP contribution < -0.4 is 10.5 Å². The summed E-state index contributed by atoms with van der Waals surface area (Å²) in [5.74, 6) is 1.74. The van der Waals surface area contributed by atoms with Crippen LogP contribution in [0.5, 0.6) is 5.75 Å². The second-order valence-corrected chi connectivity index (χ2v) is 6.61. The van der Waals surface area contributed by atoms with Crippen molar-refractivity contribution in [2.45, 2.75) is 46.1 Å². The van der Waals surface area contributed by atoms with Crippen molar-refractivity contribution in [1.29, 1.82) is 0 Å². The zero-order valence-electron chi connectivity index (χ0n) is 14.1. The van der Waals surface area contributed by atoms with Crippen LogP contribution in [0.3, 0.4) is 0 Å². The third-order valence-electron chi connectivity index (χ3n) is 4.46. The molecule has 0 aromatic heterocycles. The van der Waals surface area contributed by atoms with Gasteiger partial charge in [0, 0.05) is 13.1 Å². The molecule has 0 aliphatic carbocycles. The normalized spacial score (nSPS) is 19.5. The summed E-state index contributed by atoms with van der Waals surface area (Å²) < 4.78 is 5.96. The lowest BCUT2D eigenvalue weighted by Gasteiger charge is -2.23. The number of hydrogen-bond donors (Lipinski definition) is 1. The van der Waals surface area contributed by atoms with Gasteiger partial charge in [-0.2, -0.15) is 0 Å². The van der Waals surface area contributed by atoms with Gasteiger partial charge in [0.1, 0.15) is 5.75 Å². The fourth-order valence-corrected chi connectivity index (χ4v) is 2.83. The maximum atomic E-state index is 12.5. The molecule has 22 heavy (non-hydrogen) atoms. The first-order valence-electron chi connectivity index (χ1n) is 8.18. The van der Waals surface area contributed by atoms with Crippen LogP contribution in [0.4, 0.5) is 0 Å². The summed E-state index contributed by atoms with van der Waals surface area (Å²) in [5.41, 5.74) is 7.98. The van der Waals surface area contributed by atoms with Crippen molar-refractivity contribution in [3.05, 3.63) is 29.3 Å². The molecule has 2 N–H and O–H groups in total. The third-order valence-corrected chi connectivity index (χ3v) is 4.46. The highest BCUT2D eigenvalue weighted by Crippen LogP contribution is 2.26. The Bertz CT molecular complexity index is 528. The fraction of sp³-hybridized carbons (Fsp3) is 0.611. The molecule has 2 rings (SSSR count). The molecule has 1 aliphatic heterocycles. The lowest BCUT2D eigenvalue weighted by molar-refractivity contribution is -0.137. The molecule has 1 fully saturated rings. The van der Waals surface area contributed by atoms with E-state index in [4.69, 9.17) is 10.5 Å². The van der Waals surface area contributed by atoms with Crippen LogP contribution in [0.15, 0.2) is 18.2 Å². The van der Waals surface area contributed by atoms with Crippen LogP contribution in [-0.2, 0) is 4.79 Å². The summed E-state index contributed by atoms with van der Waals surface area (Å²) in [5, 5.41) is 0. The Labute approximate surface area is 133 Å². The van der Waals surface area contributed by atoms with Crippen LogP contribution in [0.25, 0.3) is 0 Å². The van der Waals surface area contributed by atoms with Crippen molar-refractivity contribution in [1.82, 2.24) is 4.90 Å². The maximum Gasteiger partial charge on any atom is 0.263 e. The van der Waals surface area contributed by atoms with Gasteiger partial charge in [-0.15, -0.1) is 0 Å². The first-order chi connectivity index (χ1) is 10.4. The number of amides is 1. The molecule has 1 amide bonds. The van der Waals surface area contributed by atoms with Gasteiger partial charge in [-0.3, -0.25) is 4.79 Å². The van der Waals surface area contributed by atoms with E-state index in [-0.39, 0.29) is 5.91 Å². The second kappa shape index (κ2) is 7.14. The second-order valence-electron chi connectivity index (χ2n) is 6.61. The Morgan fingerprint density at radius 3 is 2.73 bits per heavy atom. The molecular weight excluding hydrogens is 276 g/mol. The van der Waals surface area contributed by atoms with Crippen LogP contribution in [-0.4, -0.2) is 36.5 Å². The molecule has 0 spiro atoms. The predicted molar refractivity (Wildman–Crippen MR) is 89.1 cm³/mol. The minimum absolute atomic E-state index is 0.0605. The molecule has 1 saturated heterocycles. The van der Waals surface area contributed by atoms with E-state index in [1.807, 2.05) is 18.7 Å². The number of benzene rings is 1. The summed E-state index contributed by atoms with van der Waals surface area (Å²) in [6, 6.07) is 6.23. The zero-order chi connectivity index (χ0) is 16.3. The number of carbonyl (C=O) groups is 1. The van der Waals surface area contributed by atoms with Crippen molar-refractivity contribution < 1.29 is 9.53 Å². The zero-order valence-corrected chi connectivity index (χ0v) is 14.1. The summed E-state index contributed by atoms with van der Waals surface area (Å²) in [7, 11) is 0. The van der Waals surface area contributed by atoms with Gasteiger partial charge in [0.25, 0.3) is 5.91 Å². The van der Waals surface area contributed by atoms with Gasteiger partial charge in [-0.1, -0.05) is 26.0 Å². The number of ether oxygens (including phenoxy) is 1. The van der Waals surface area contributed by atoms with Crippen molar-refractivity contribution in [2.75, 3.05) is 19.6 Å². The number of rotatable bonds is 5. The predicted octanol–water partition coefficient (Wildman–Crippen LogP) is 2.69. The fourth-order valence-electron chi connectivity index (χ4n) is 2.83. The van der Waals surface area contributed by atoms with Crippen LogP contribution in [0.2, 0.25) is 0 Å². The van der Waals surface area contributed by atoms with Gasteiger partial charge in [0.05, 0.1) is 0 Å². The Hall–Kier alpha value is -1.55. The Kier molecular flexibility index (Phi) is 5.46. The minimum Gasteiger partial charge on any atom is -0.481 e. The van der Waals surface area contributed by atoms with Crippen molar-refractivity contribution >= 4 is 5.91 Å². The summed E-state index contributed by atoms with van der Waals surface area (Å²) in [6.45, 7) is 10.3. The molecule has 0 bridgehead atoms. The van der Waals surface area contributed by atoms with E-state index in [0.717, 1.165) is 30.8 Å². The number of likely N-dealkylation sites (tertiary alicyclic amines) is 1. The highest BCUT2D eigenvalue weighted by molar-refractivity contribution is 5.81. The van der Waals surface area contributed by atoms with E-state index in [2.05, 4.69) is 32.0 Å². The first kappa shape index (κ1) is 16.8. The molecule has 0 radical (unpaired) electrons. The molecular formula is C18H28N2O2. The molecule has 4 heteroatoms. The summed E-state index contributed by atoms with van der Waals surface area (Å²) in [6.07, 6.45) is 0.536. The largest absolute Gasteiger partial charge is 0.481 e. The van der Waals surface area contributed by atoms with E-state index < -0.39 is 6.10 Å². The van der Waals surface area contributed by atoms with Crippen LogP contribution in [0, 0.1) is 12.8 Å². The van der Waals surface area contributed by atoms with Gasteiger partial charge >= 0.3 is 0 Å². The number of hydrogen-bond acceptors (Lipinski definition) is 3. The molecule has 4 nitrogen and oxygen atoms in total. The molecule has 122 valence electrons. The standard InChI is InChI=1S/C18H28N2O2/c1-12(2)16-6-5-13(3)17(9-16)22-14(4)18(21)20-8-7-15(10-19)11-20/h5-6,9,12,14-15H,7-8,10-11,19H2,1-4H3/t14-,15+/m0/s1. The first-order valence-corrected chi connectivity index (χ1v) is 8.18. The molecule has 1 aromatic rings. The Balaban J connectivity index is 2.04. The van der Waals surface area contributed by atoms with Gasteiger partial charge in [0.2, 0.25) is 0 Å². The highest BCUT2D eigenvalue weighted by atomic mass is 16.5. The maximum absolute atomic E-state index is 12.5. The SMILES string of the molecule is Cc1ccc(C(C)C)cc1O[C@@H](C)C(=O)N1CC[C@H](CN)C1. The van der Waals surface area contributed by atoms with Crippen molar-refractivity contribution in [2.24, 2.45) is 11.7 Å². The number of nitrogens with zero attached hydrogens (tertiary/aromatic N) is 1. The van der Waals surface area contributed by atoms with Gasteiger partial charge in [-0.05, 0) is 55.8 Å². The Morgan fingerprint density at radius 2 is 2.14 bits per heavy atom. The summed E-state index contributed by atoms with van der Waals surface area (Å²) in [4.78, 5) is 14.4. The molecule has 0 saturated carbocycles. The molecule has 0 unspecified atom stereocenters. The lowest BCUT2D eigenvalue weighted by Crippen LogP contribution is -2.39. The van der Waals surface area contributed by atoms with Crippen LogP contribution >= 0.6 is 0 Å². The van der Waals surface area contributed by atoms with E-state index in [1.54, 1.807) is 0 Å². The van der Waals surface area contributed by atoms with Crippen molar-refractivity contribution in [3.8, 4) is 5.75 Å². The van der Waals surface area contributed by atoms with Gasteiger partial charge in [0.15, 0.2) is 6.10 Å². The van der Waals surface area contributed by atoms with Crippen molar-refractivity contribution in [3.63, 3.8) is 0 Å².